The molecule has 6 nitrogen and oxygen atoms in total. The fourth-order valence-electron chi connectivity index (χ4n) is 4.04. The molecule has 1 amide bonds. The predicted octanol–water partition coefficient (Wildman–Crippen LogP) is 1.40. The van der Waals surface area contributed by atoms with E-state index in [0.29, 0.717) is 6.54 Å². The van der Waals surface area contributed by atoms with E-state index in [2.05, 4.69) is 11.4 Å². The Bertz CT molecular complexity index is 518. The zero-order valence-corrected chi connectivity index (χ0v) is 14.6. The van der Waals surface area contributed by atoms with E-state index in [4.69, 9.17) is 9.47 Å². The molecule has 6 heteroatoms. The smallest absolute Gasteiger partial charge is 0.252 e. The highest BCUT2D eigenvalue weighted by Crippen LogP contribution is 2.40. The number of fused-ring (bicyclic) bond motifs is 1. The molecule has 0 aromatic carbocycles. The van der Waals surface area contributed by atoms with Crippen LogP contribution in [0.25, 0.3) is 0 Å². The molecule has 0 aromatic heterocycles. The van der Waals surface area contributed by atoms with Crippen molar-refractivity contribution in [3.63, 3.8) is 0 Å². The van der Waals surface area contributed by atoms with Crippen LogP contribution in [0, 0.1) is 0 Å². The third-order valence-electron chi connectivity index (χ3n) is 5.23. The maximum absolute atomic E-state index is 12.5. The number of ether oxygens (including phenoxy) is 2. The van der Waals surface area contributed by atoms with Crippen molar-refractivity contribution in [3.05, 3.63) is 11.6 Å². The number of carbonyl (C=O) groups excluding carboxylic acids is 1. The normalized spacial score (nSPS) is 38.3. The molecular formula is C18H29NO5. The van der Waals surface area contributed by atoms with Crippen molar-refractivity contribution in [2.75, 3.05) is 6.54 Å². The third kappa shape index (κ3) is 3.82. The van der Waals surface area contributed by atoms with Gasteiger partial charge in [-0.15, -0.1) is 0 Å². The number of carbonyl (C=O) groups is 1. The highest BCUT2D eigenvalue weighted by molar-refractivity contribution is 5.85. The van der Waals surface area contributed by atoms with Crippen molar-refractivity contribution in [1.82, 2.24) is 5.32 Å². The number of allylic oxidation sites excluding steroid dienone is 1. The van der Waals surface area contributed by atoms with Crippen LogP contribution < -0.4 is 5.32 Å². The Morgan fingerprint density at radius 3 is 2.83 bits per heavy atom. The molecule has 0 unspecified atom stereocenters. The number of hydrogen-bond acceptors (Lipinski definition) is 5. The fourth-order valence-corrected chi connectivity index (χ4v) is 4.04. The summed E-state index contributed by atoms with van der Waals surface area (Å²) in [5.74, 6) is -1.23. The highest BCUT2D eigenvalue weighted by Gasteiger charge is 2.55. The molecule has 24 heavy (non-hydrogen) atoms. The Hall–Kier alpha value is -0.950. The lowest BCUT2D eigenvalue weighted by Gasteiger charge is -2.38. The third-order valence-corrected chi connectivity index (χ3v) is 5.23. The van der Waals surface area contributed by atoms with Gasteiger partial charge in [-0.25, -0.2) is 0 Å². The molecule has 0 radical (unpaired) electrons. The van der Waals surface area contributed by atoms with Crippen LogP contribution in [0.2, 0.25) is 0 Å². The molecule has 0 bridgehead atoms. The van der Waals surface area contributed by atoms with E-state index in [0.717, 1.165) is 19.3 Å². The second kappa shape index (κ2) is 6.75. The summed E-state index contributed by atoms with van der Waals surface area (Å²) in [5, 5.41) is 23.8. The summed E-state index contributed by atoms with van der Waals surface area (Å²) in [6.07, 6.45) is 6.01. The van der Waals surface area contributed by atoms with E-state index in [9.17, 15) is 15.0 Å². The Kier molecular flexibility index (Phi) is 5.02. The van der Waals surface area contributed by atoms with E-state index in [1.54, 1.807) is 13.8 Å². The van der Waals surface area contributed by atoms with Crippen molar-refractivity contribution >= 4 is 5.91 Å². The first-order valence-corrected chi connectivity index (χ1v) is 9.01. The molecule has 2 aliphatic carbocycles. The van der Waals surface area contributed by atoms with Crippen LogP contribution in [0.15, 0.2) is 11.6 Å². The largest absolute Gasteiger partial charge is 0.390 e. The second-order valence-electron chi connectivity index (χ2n) is 7.76. The molecule has 1 heterocycles. The van der Waals surface area contributed by atoms with Gasteiger partial charge in [0.2, 0.25) is 0 Å². The second-order valence-corrected chi connectivity index (χ2v) is 7.76. The standard InChI is InChI=1S/C18H29NO5/c1-17(2)23-14-11-18(22,10-13(20)15(14)24-17)16(21)19-9-8-12-6-4-3-5-7-12/h6,13-15,20,22H,3-5,7-11H2,1-2H3,(H,19,21)/t13-,14-,15+,18-/m1/s1. The minimum Gasteiger partial charge on any atom is -0.390 e. The van der Waals surface area contributed by atoms with Gasteiger partial charge in [-0.3, -0.25) is 4.79 Å². The number of rotatable bonds is 4. The average Bonchev–Trinajstić information content (AvgIpc) is 2.82. The Morgan fingerprint density at radius 1 is 1.33 bits per heavy atom. The minimum atomic E-state index is -1.61. The highest BCUT2D eigenvalue weighted by atomic mass is 16.8. The lowest BCUT2D eigenvalue weighted by atomic mass is 9.79. The fraction of sp³-hybridized carbons (Fsp3) is 0.833. The number of amides is 1. The molecule has 1 saturated heterocycles. The van der Waals surface area contributed by atoms with Gasteiger partial charge in [-0.2, -0.15) is 0 Å². The maximum Gasteiger partial charge on any atom is 0.252 e. The summed E-state index contributed by atoms with van der Waals surface area (Å²) >= 11 is 0. The van der Waals surface area contributed by atoms with E-state index in [1.807, 2.05) is 0 Å². The average molecular weight is 339 g/mol. The van der Waals surface area contributed by atoms with Crippen LogP contribution in [-0.2, 0) is 14.3 Å². The molecule has 3 aliphatic rings. The monoisotopic (exact) mass is 339 g/mol. The van der Waals surface area contributed by atoms with Crippen molar-refractivity contribution in [2.45, 2.75) is 88.5 Å². The number of aliphatic hydroxyl groups excluding tert-OH is 1. The molecule has 1 aliphatic heterocycles. The van der Waals surface area contributed by atoms with Gasteiger partial charge in [0.05, 0.1) is 12.2 Å². The first-order chi connectivity index (χ1) is 11.3. The minimum absolute atomic E-state index is 0.0257. The van der Waals surface area contributed by atoms with Gasteiger partial charge in [0, 0.05) is 19.4 Å². The summed E-state index contributed by atoms with van der Waals surface area (Å²) in [7, 11) is 0. The summed E-state index contributed by atoms with van der Waals surface area (Å²) < 4.78 is 11.4. The predicted molar refractivity (Wildman–Crippen MR) is 88.2 cm³/mol. The van der Waals surface area contributed by atoms with Crippen molar-refractivity contribution in [2.24, 2.45) is 0 Å². The topological polar surface area (TPSA) is 88.0 Å². The van der Waals surface area contributed by atoms with Gasteiger partial charge >= 0.3 is 0 Å². The van der Waals surface area contributed by atoms with Gasteiger partial charge in [0.25, 0.3) is 5.91 Å². The zero-order valence-electron chi connectivity index (χ0n) is 14.6. The summed E-state index contributed by atoms with van der Waals surface area (Å²) in [4.78, 5) is 12.5. The first-order valence-electron chi connectivity index (χ1n) is 9.01. The SMILES string of the molecule is CC1(C)O[C@H]2[C@H](O)C[C@](O)(C(=O)NCCC3=CCCCC3)C[C@H]2O1. The van der Waals surface area contributed by atoms with Crippen LogP contribution in [0.3, 0.4) is 0 Å². The Labute approximate surface area is 143 Å². The van der Waals surface area contributed by atoms with Gasteiger partial charge in [-0.05, 0) is 46.0 Å². The quantitative estimate of drug-likeness (QED) is 0.674. The molecule has 1 saturated carbocycles. The van der Waals surface area contributed by atoms with Gasteiger partial charge in [-0.1, -0.05) is 11.6 Å². The number of nitrogens with one attached hydrogen (secondary N) is 1. The van der Waals surface area contributed by atoms with Crippen LogP contribution in [0.4, 0.5) is 0 Å². The van der Waals surface area contributed by atoms with Crippen molar-refractivity contribution in [3.8, 4) is 0 Å². The first kappa shape index (κ1) is 17.9. The molecular weight excluding hydrogens is 310 g/mol. The lowest BCUT2D eigenvalue weighted by Crippen LogP contribution is -2.58. The molecule has 4 atom stereocenters. The Balaban J connectivity index is 1.55. The van der Waals surface area contributed by atoms with E-state index >= 15 is 0 Å². The summed E-state index contributed by atoms with van der Waals surface area (Å²) in [6, 6.07) is 0. The molecule has 3 rings (SSSR count). The molecule has 3 N–H and O–H groups in total. The van der Waals surface area contributed by atoms with Crippen LogP contribution in [0.1, 0.15) is 58.8 Å². The molecule has 136 valence electrons. The van der Waals surface area contributed by atoms with Crippen molar-refractivity contribution < 1.29 is 24.5 Å². The van der Waals surface area contributed by atoms with E-state index in [-0.39, 0.29) is 12.8 Å². The van der Waals surface area contributed by atoms with Crippen molar-refractivity contribution in [1.29, 1.82) is 0 Å². The number of hydrogen-bond donors (Lipinski definition) is 3. The molecule has 0 aromatic rings. The van der Waals surface area contributed by atoms with Gasteiger partial charge < -0.3 is 25.0 Å². The van der Waals surface area contributed by atoms with Crippen LogP contribution in [0.5, 0.6) is 0 Å². The summed E-state index contributed by atoms with van der Waals surface area (Å²) in [6.45, 7) is 4.06. The Morgan fingerprint density at radius 2 is 2.12 bits per heavy atom. The van der Waals surface area contributed by atoms with Crippen LogP contribution in [-0.4, -0.2) is 52.4 Å². The van der Waals surface area contributed by atoms with E-state index in [1.165, 1.54) is 18.4 Å². The zero-order chi connectivity index (χ0) is 17.4. The molecule has 0 spiro atoms. The van der Waals surface area contributed by atoms with E-state index < -0.39 is 35.6 Å². The summed E-state index contributed by atoms with van der Waals surface area (Å²) in [5.41, 5.74) is -0.225. The van der Waals surface area contributed by atoms with Crippen LogP contribution >= 0.6 is 0 Å². The number of aliphatic hydroxyl groups is 2. The van der Waals surface area contributed by atoms with Gasteiger partial charge in [0.1, 0.15) is 11.7 Å². The molecule has 2 fully saturated rings. The lowest BCUT2D eigenvalue weighted by molar-refractivity contribution is -0.158. The maximum atomic E-state index is 12.5. The van der Waals surface area contributed by atoms with Gasteiger partial charge in [0.15, 0.2) is 5.79 Å².